The molecular formula is C32H37F3N4O4. The van der Waals surface area contributed by atoms with Gasteiger partial charge in [-0.15, -0.1) is 0 Å². The van der Waals surface area contributed by atoms with Gasteiger partial charge in [0.05, 0.1) is 18.8 Å². The van der Waals surface area contributed by atoms with E-state index < -0.39 is 17.6 Å². The summed E-state index contributed by atoms with van der Waals surface area (Å²) in [5, 5.41) is 2.67. The molecule has 11 heteroatoms. The second kappa shape index (κ2) is 13.9. The number of alkyl halides is 3. The first-order chi connectivity index (χ1) is 20.5. The van der Waals surface area contributed by atoms with Crippen molar-refractivity contribution >= 4 is 23.1 Å². The van der Waals surface area contributed by atoms with Crippen molar-refractivity contribution in [3.63, 3.8) is 0 Å². The van der Waals surface area contributed by atoms with Crippen LogP contribution in [0.5, 0.6) is 5.88 Å². The summed E-state index contributed by atoms with van der Waals surface area (Å²) in [6.07, 6.45) is 1.66. The molecule has 230 valence electrons. The van der Waals surface area contributed by atoms with Crippen LogP contribution in [0.2, 0.25) is 0 Å². The third-order valence-corrected chi connectivity index (χ3v) is 7.43. The quantitative estimate of drug-likeness (QED) is 0.397. The van der Waals surface area contributed by atoms with Crippen LogP contribution in [0.3, 0.4) is 0 Å². The van der Waals surface area contributed by atoms with Crippen LogP contribution < -0.4 is 15.0 Å². The Morgan fingerprint density at radius 3 is 2.37 bits per heavy atom. The van der Waals surface area contributed by atoms with E-state index in [0.29, 0.717) is 63.8 Å². The van der Waals surface area contributed by atoms with Crippen molar-refractivity contribution < 1.29 is 32.2 Å². The van der Waals surface area contributed by atoms with E-state index in [9.17, 15) is 22.8 Å². The molecule has 0 spiro atoms. The highest BCUT2D eigenvalue weighted by molar-refractivity contribution is 5.96. The van der Waals surface area contributed by atoms with Crippen molar-refractivity contribution in [3.8, 4) is 5.88 Å². The van der Waals surface area contributed by atoms with Crippen LogP contribution in [0.25, 0.3) is 5.57 Å². The van der Waals surface area contributed by atoms with Gasteiger partial charge in [-0.2, -0.15) is 13.2 Å². The van der Waals surface area contributed by atoms with Crippen molar-refractivity contribution in [2.24, 2.45) is 0 Å². The number of piperidine rings is 1. The van der Waals surface area contributed by atoms with Crippen LogP contribution in [0.15, 0.2) is 66.5 Å². The van der Waals surface area contributed by atoms with Crippen LogP contribution in [-0.2, 0) is 15.7 Å². The Balaban J connectivity index is 1.61. The second-order valence-corrected chi connectivity index (χ2v) is 10.7. The molecule has 2 aliphatic rings. The number of aromatic nitrogens is 1. The summed E-state index contributed by atoms with van der Waals surface area (Å²) in [5.41, 5.74) is 2.58. The summed E-state index contributed by atoms with van der Waals surface area (Å²) in [4.78, 5) is 33.3. The lowest BCUT2D eigenvalue weighted by atomic mass is 10.0. The third-order valence-electron chi connectivity index (χ3n) is 7.43. The maximum atomic E-state index is 13.2. The Morgan fingerprint density at radius 1 is 1.07 bits per heavy atom. The number of allylic oxidation sites excluding steroid dienone is 4. The molecule has 2 aliphatic heterocycles. The normalized spacial score (nSPS) is 16.5. The van der Waals surface area contributed by atoms with E-state index in [2.05, 4.69) is 16.8 Å². The maximum Gasteiger partial charge on any atom is 0.416 e. The van der Waals surface area contributed by atoms with E-state index in [-0.39, 0.29) is 17.6 Å². The molecule has 2 saturated heterocycles. The van der Waals surface area contributed by atoms with Crippen molar-refractivity contribution in [1.29, 1.82) is 0 Å². The summed E-state index contributed by atoms with van der Waals surface area (Å²) < 4.78 is 51.5. The van der Waals surface area contributed by atoms with Crippen molar-refractivity contribution in [3.05, 3.63) is 83.2 Å². The molecule has 1 aromatic heterocycles. The maximum absolute atomic E-state index is 13.2. The lowest BCUT2D eigenvalue weighted by Crippen LogP contribution is -2.41. The molecule has 8 nitrogen and oxygen atoms in total. The molecule has 0 bridgehead atoms. The number of carbonyl (C=O) groups is 2. The number of halogens is 3. The molecular weight excluding hydrogens is 561 g/mol. The molecule has 43 heavy (non-hydrogen) atoms. The Morgan fingerprint density at radius 2 is 1.77 bits per heavy atom. The minimum Gasteiger partial charge on any atom is -0.473 e. The molecule has 0 aliphatic carbocycles. The average Bonchev–Trinajstić information content (AvgIpc) is 2.99. The van der Waals surface area contributed by atoms with Crippen LogP contribution in [-0.4, -0.2) is 67.2 Å². The molecule has 1 aromatic carbocycles. The summed E-state index contributed by atoms with van der Waals surface area (Å²) in [6.45, 7) is 12.9. The van der Waals surface area contributed by atoms with Crippen molar-refractivity contribution in [2.45, 2.75) is 45.9 Å². The Labute approximate surface area is 249 Å². The zero-order valence-corrected chi connectivity index (χ0v) is 24.7. The molecule has 0 radical (unpaired) electrons. The highest BCUT2D eigenvalue weighted by Crippen LogP contribution is 2.34. The number of likely N-dealkylation sites (tertiary alicyclic amines) is 1. The molecule has 2 fully saturated rings. The lowest BCUT2D eigenvalue weighted by molar-refractivity contribution is -0.137. The van der Waals surface area contributed by atoms with Crippen molar-refractivity contribution in [2.75, 3.05) is 44.3 Å². The van der Waals surface area contributed by atoms with E-state index in [1.54, 1.807) is 19.2 Å². The first-order valence-corrected chi connectivity index (χ1v) is 14.2. The molecule has 3 heterocycles. The minimum absolute atomic E-state index is 0.0575. The minimum atomic E-state index is -4.56. The van der Waals surface area contributed by atoms with Gasteiger partial charge in [0.25, 0.3) is 5.91 Å². The SMILES string of the molecule is C=CC(=CC(=C(C)C)c1cnc(OC2CCN(C(C)=O)CC2)c(N2CCOCC2)c1)NC(=O)c1cccc(C(F)(F)F)c1. The number of nitrogens with one attached hydrogen (secondary N) is 1. The molecule has 0 saturated carbocycles. The van der Waals surface area contributed by atoms with Gasteiger partial charge in [0.1, 0.15) is 11.8 Å². The number of carbonyl (C=O) groups excluding carboxylic acids is 2. The number of benzene rings is 1. The van der Waals surface area contributed by atoms with Gasteiger partial charge in [-0.25, -0.2) is 4.98 Å². The lowest BCUT2D eigenvalue weighted by Gasteiger charge is -2.34. The predicted octanol–water partition coefficient (Wildman–Crippen LogP) is 5.62. The van der Waals surface area contributed by atoms with Crippen LogP contribution >= 0.6 is 0 Å². The fourth-order valence-corrected chi connectivity index (χ4v) is 5.01. The number of pyridine rings is 1. The van der Waals surface area contributed by atoms with Crippen LogP contribution in [0.4, 0.5) is 18.9 Å². The second-order valence-electron chi connectivity index (χ2n) is 10.7. The van der Waals surface area contributed by atoms with Gasteiger partial charge in [-0.3, -0.25) is 9.59 Å². The number of anilines is 1. The first-order valence-electron chi connectivity index (χ1n) is 14.2. The molecule has 4 rings (SSSR count). The fourth-order valence-electron chi connectivity index (χ4n) is 5.01. The largest absolute Gasteiger partial charge is 0.473 e. The van der Waals surface area contributed by atoms with Gasteiger partial charge in [-0.1, -0.05) is 18.2 Å². The number of hydrogen-bond acceptors (Lipinski definition) is 6. The highest BCUT2D eigenvalue weighted by atomic mass is 19.4. The summed E-state index contributed by atoms with van der Waals surface area (Å²) in [7, 11) is 0. The Hall–Kier alpha value is -4.12. The predicted molar refractivity (Wildman–Crippen MR) is 159 cm³/mol. The number of rotatable bonds is 8. The zero-order chi connectivity index (χ0) is 31.1. The van der Waals surface area contributed by atoms with Gasteiger partial charge < -0.3 is 24.6 Å². The number of ether oxygens (including phenoxy) is 2. The van der Waals surface area contributed by atoms with E-state index in [0.717, 1.165) is 34.5 Å². The van der Waals surface area contributed by atoms with Crippen molar-refractivity contribution in [1.82, 2.24) is 15.2 Å². The molecule has 0 atom stereocenters. The fraction of sp³-hybridized carbons (Fsp3) is 0.406. The molecule has 2 amide bonds. The number of hydrogen-bond donors (Lipinski definition) is 1. The zero-order valence-electron chi connectivity index (χ0n) is 24.7. The van der Waals surface area contributed by atoms with Gasteiger partial charge in [0.15, 0.2) is 0 Å². The van der Waals surface area contributed by atoms with Crippen LogP contribution in [0, 0.1) is 0 Å². The Bertz CT molecular complexity index is 1400. The highest BCUT2D eigenvalue weighted by Gasteiger charge is 2.31. The summed E-state index contributed by atoms with van der Waals surface area (Å²) in [6, 6.07) is 6.26. The monoisotopic (exact) mass is 598 g/mol. The molecule has 2 aromatic rings. The Kier molecular flexibility index (Phi) is 10.3. The smallest absolute Gasteiger partial charge is 0.416 e. The van der Waals surface area contributed by atoms with E-state index in [1.807, 2.05) is 24.8 Å². The number of nitrogens with zero attached hydrogens (tertiary/aromatic N) is 3. The van der Waals surface area contributed by atoms with E-state index in [4.69, 9.17) is 14.5 Å². The van der Waals surface area contributed by atoms with Gasteiger partial charge in [0, 0.05) is 69.0 Å². The molecule has 1 N–H and O–H groups in total. The van der Waals surface area contributed by atoms with Crippen LogP contribution in [0.1, 0.15) is 55.1 Å². The first kappa shape index (κ1) is 31.8. The topological polar surface area (TPSA) is 84.0 Å². The summed E-state index contributed by atoms with van der Waals surface area (Å²) in [5.74, 6) is -0.120. The van der Waals surface area contributed by atoms with Gasteiger partial charge >= 0.3 is 6.18 Å². The van der Waals surface area contributed by atoms with Gasteiger partial charge in [0.2, 0.25) is 11.8 Å². The standard InChI is InChI=1S/C32H37F3N4O4/c1-5-26(37-30(41)23-7-6-8-25(17-23)32(33,34)35)19-28(21(2)3)24-18-29(39-13-15-42-16-14-39)31(36-20-24)43-27-9-11-38(12-10-27)22(4)40/h5-8,17-20,27H,1,9-16H2,2-4H3,(H,37,41). The molecule has 0 unspecified atom stereocenters. The average molecular weight is 599 g/mol. The number of amides is 2. The summed E-state index contributed by atoms with van der Waals surface area (Å²) >= 11 is 0. The van der Waals surface area contributed by atoms with Gasteiger partial charge in [-0.05, 0) is 55.8 Å². The van der Waals surface area contributed by atoms with E-state index >= 15 is 0 Å². The third kappa shape index (κ3) is 8.25. The number of morpholine rings is 1. The van der Waals surface area contributed by atoms with E-state index in [1.165, 1.54) is 18.2 Å².